The molecule has 0 amide bonds. The highest BCUT2D eigenvalue weighted by Crippen LogP contribution is 2.29. The normalized spacial score (nSPS) is 23.0. The van der Waals surface area contributed by atoms with Crippen LogP contribution in [0.3, 0.4) is 0 Å². The first-order chi connectivity index (χ1) is 8.60. The van der Waals surface area contributed by atoms with E-state index in [9.17, 15) is 4.79 Å². The lowest BCUT2D eigenvalue weighted by atomic mass is 10.2. The molecule has 0 heterocycles. The van der Waals surface area contributed by atoms with Gasteiger partial charge in [0.05, 0.1) is 11.7 Å². The number of halogens is 1. The van der Waals surface area contributed by atoms with Gasteiger partial charge in [-0.25, -0.2) is 4.79 Å². The molecule has 1 saturated carbocycles. The van der Waals surface area contributed by atoms with Gasteiger partial charge in [0.25, 0.3) is 0 Å². The molecule has 2 atom stereocenters. The summed E-state index contributed by atoms with van der Waals surface area (Å²) in [5.41, 5.74) is 1.22. The van der Waals surface area contributed by atoms with Crippen LogP contribution < -0.4 is 5.32 Å². The number of aromatic carboxylic acids is 1. The summed E-state index contributed by atoms with van der Waals surface area (Å²) in [5, 5.41) is 12.3. The summed E-state index contributed by atoms with van der Waals surface area (Å²) >= 11 is 3.40. The maximum absolute atomic E-state index is 10.8. The lowest BCUT2D eigenvalue weighted by molar-refractivity contribution is 0.0697. The van der Waals surface area contributed by atoms with Crippen LogP contribution in [0.4, 0.5) is 5.69 Å². The Labute approximate surface area is 114 Å². The standard InChI is InChI=1S/C13H16BrNO3/c1-18-10-4-3-9(7-10)15-12-5-2-8(13(16)17)6-11(12)14/h2,5-6,9-10,15H,3-4,7H2,1H3,(H,16,17). The molecule has 1 aromatic rings. The average Bonchev–Trinajstić information content (AvgIpc) is 2.79. The van der Waals surface area contributed by atoms with E-state index in [1.807, 2.05) is 0 Å². The van der Waals surface area contributed by atoms with Crippen molar-refractivity contribution in [1.82, 2.24) is 0 Å². The predicted molar refractivity (Wildman–Crippen MR) is 73.2 cm³/mol. The molecule has 4 nitrogen and oxygen atoms in total. The third-order valence-corrected chi connectivity index (χ3v) is 3.95. The van der Waals surface area contributed by atoms with Gasteiger partial charge in [0, 0.05) is 23.3 Å². The number of carboxylic acids is 1. The minimum absolute atomic E-state index is 0.286. The number of methoxy groups -OCH3 is 1. The number of carbonyl (C=O) groups is 1. The third kappa shape index (κ3) is 3.03. The topological polar surface area (TPSA) is 58.6 Å². The third-order valence-electron chi connectivity index (χ3n) is 3.29. The molecule has 2 rings (SSSR count). The van der Waals surface area contributed by atoms with Crippen LogP contribution in [-0.2, 0) is 4.74 Å². The van der Waals surface area contributed by atoms with Crippen LogP contribution in [0.2, 0.25) is 0 Å². The number of anilines is 1. The first-order valence-electron chi connectivity index (χ1n) is 5.92. The molecule has 1 fully saturated rings. The highest BCUT2D eigenvalue weighted by Gasteiger charge is 2.24. The highest BCUT2D eigenvalue weighted by atomic mass is 79.9. The maximum atomic E-state index is 10.8. The Morgan fingerprint density at radius 3 is 2.83 bits per heavy atom. The maximum Gasteiger partial charge on any atom is 0.335 e. The number of hydrogen-bond acceptors (Lipinski definition) is 3. The fraction of sp³-hybridized carbons (Fsp3) is 0.462. The van der Waals surface area contributed by atoms with Crippen molar-refractivity contribution in [3.63, 3.8) is 0 Å². The summed E-state index contributed by atoms with van der Waals surface area (Å²) in [6.07, 6.45) is 3.47. The minimum atomic E-state index is -0.914. The Morgan fingerprint density at radius 1 is 1.50 bits per heavy atom. The monoisotopic (exact) mass is 313 g/mol. The number of ether oxygens (including phenoxy) is 1. The molecule has 5 heteroatoms. The van der Waals surface area contributed by atoms with Crippen LogP contribution in [0, 0.1) is 0 Å². The fourth-order valence-electron chi connectivity index (χ4n) is 2.27. The van der Waals surface area contributed by atoms with Gasteiger partial charge in [0.2, 0.25) is 0 Å². The zero-order valence-corrected chi connectivity index (χ0v) is 11.7. The van der Waals surface area contributed by atoms with Gasteiger partial charge in [-0.3, -0.25) is 0 Å². The molecule has 1 aliphatic carbocycles. The van der Waals surface area contributed by atoms with E-state index in [-0.39, 0.29) is 5.56 Å². The Kier molecular flexibility index (Phi) is 4.24. The minimum Gasteiger partial charge on any atom is -0.478 e. The van der Waals surface area contributed by atoms with E-state index in [4.69, 9.17) is 9.84 Å². The van der Waals surface area contributed by atoms with Crippen LogP contribution in [0.15, 0.2) is 22.7 Å². The zero-order chi connectivity index (χ0) is 13.1. The molecule has 0 bridgehead atoms. The lowest BCUT2D eigenvalue weighted by Gasteiger charge is -2.16. The van der Waals surface area contributed by atoms with Crippen LogP contribution in [0.1, 0.15) is 29.6 Å². The molecule has 1 aromatic carbocycles. The second kappa shape index (κ2) is 5.71. The van der Waals surface area contributed by atoms with Crippen molar-refractivity contribution >= 4 is 27.6 Å². The molecule has 2 unspecified atom stereocenters. The fourth-order valence-corrected chi connectivity index (χ4v) is 2.76. The van der Waals surface area contributed by atoms with Crippen molar-refractivity contribution in [1.29, 1.82) is 0 Å². The largest absolute Gasteiger partial charge is 0.478 e. The predicted octanol–water partition coefficient (Wildman–Crippen LogP) is 3.13. The van der Waals surface area contributed by atoms with E-state index >= 15 is 0 Å². The van der Waals surface area contributed by atoms with Crippen molar-refractivity contribution in [3.8, 4) is 0 Å². The summed E-state index contributed by atoms with van der Waals surface area (Å²) in [4.78, 5) is 10.8. The first-order valence-corrected chi connectivity index (χ1v) is 6.71. The molecule has 0 radical (unpaired) electrons. The van der Waals surface area contributed by atoms with Gasteiger partial charge >= 0.3 is 5.97 Å². The van der Waals surface area contributed by atoms with Crippen molar-refractivity contribution < 1.29 is 14.6 Å². The van der Waals surface area contributed by atoms with Gasteiger partial charge in [0.1, 0.15) is 0 Å². The number of benzene rings is 1. The van der Waals surface area contributed by atoms with E-state index in [1.165, 1.54) is 0 Å². The van der Waals surface area contributed by atoms with Crippen molar-refractivity contribution in [2.24, 2.45) is 0 Å². The molecule has 2 N–H and O–H groups in total. The van der Waals surface area contributed by atoms with Crippen molar-refractivity contribution in [3.05, 3.63) is 28.2 Å². The molecule has 18 heavy (non-hydrogen) atoms. The Balaban J connectivity index is 2.04. The Hall–Kier alpha value is -1.07. The molecule has 0 saturated heterocycles. The van der Waals surface area contributed by atoms with Gasteiger partial charge in [-0.1, -0.05) is 0 Å². The van der Waals surface area contributed by atoms with Crippen LogP contribution >= 0.6 is 15.9 Å². The molecule has 1 aliphatic rings. The molecular formula is C13H16BrNO3. The second-order valence-electron chi connectivity index (χ2n) is 4.51. The van der Waals surface area contributed by atoms with E-state index in [0.29, 0.717) is 12.1 Å². The average molecular weight is 314 g/mol. The smallest absolute Gasteiger partial charge is 0.335 e. The van der Waals surface area contributed by atoms with E-state index in [1.54, 1.807) is 25.3 Å². The van der Waals surface area contributed by atoms with Crippen LogP contribution in [-0.4, -0.2) is 30.3 Å². The van der Waals surface area contributed by atoms with E-state index in [0.717, 1.165) is 29.4 Å². The Bertz CT molecular complexity index is 450. The summed E-state index contributed by atoms with van der Waals surface area (Å²) in [7, 11) is 1.74. The molecular weight excluding hydrogens is 298 g/mol. The van der Waals surface area contributed by atoms with Crippen molar-refractivity contribution in [2.45, 2.75) is 31.4 Å². The van der Waals surface area contributed by atoms with Gasteiger partial charge < -0.3 is 15.2 Å². The summed E-state index contributed by atoms with van der Waals surface area (Å²) in [6, 6.07) is 5.42. The number of carboxylic acid groups (broad SMARTS) is 1. The number of rotatable bonds is 4. The van der Waals surface area contributed by atoms with E-state index in [2.05, 4.69) is 21.2 Å². The van der Waals surface area contributed by atoms with Gasteiger partial charge in [-0.15, -0.1) is 0 Å². The molecule has 0 aromatic heterocycles. The molecule has 0 spiro atoms. The van der Waals surface area contributed by atoms with Gasteiger partial charge in [0.15, 0.2) is 0 Å². The summed E-state index contributed by atoms with van der Waals surface area (Å²) in [5.74, 6) is -0.914. The first kappa shape index (κ1) is 13.4. The van der Waals surface area contributed by atoms with E-state index < -0.39 is 5.97 Å². The highest BCUT2D eigenvalue weighted by molar-refractivity contribution is 9.10. The summed E-state index contributed by atoms with van der Waals surface area (Å²) < 4.78 is 6.11. The Morgan fingerprint density at radius 2 is 2.28 bits per heavy atom. The van der Waals surface area contributed by atoms with Crippen LogP contribution in [0.25, 0.3) is 0 Å². The summed E-state index contributed by atoms with van der Waals surface area (Å²) in [6.45, 7) is 0. The van der Waals surface area contributed by atoms with Gasteiger partial charge in [-0.05, 0) is 53.4 Å². The zero-order valence-electron chi connectivity index (χ0n) is 10.1. The second-order valence-corrected chi connectivity index (χ2v) is 5.37. The number of nitrogens with one attached hydrogen (secondary N) is 1. The molecule has 98 valence electrons. The number of hydrogen-bond donors (Lipinski definition) is 2. The van der Waals surface area contributed by atoms with Crippen LogP contribution in [0.5, 0.6) is 0 Å². The van der Waals surface area contributed by atoms with Gasteiger partial charge in [-0.2, -0.15) is 0 Å². The lowest BCUT2D eigenvalue weighted by Crippen LogP contribution is -2.17. The quantitative estimate of drug-likeness (QED) is 0.896. The SMILES string of the molecule is COC1CCC(Nc2ccc(C(=O)O)cc2Br)C1. The molecule has 0 aliphatic heterocycles. The van der Waals surface area contributed by atoms with Crippen molar-refractivity contribution in [2.75, 3.05) is 12.4 Å².